The van der Waals surface area contributed by atoms with Crippen LogP contribution in [0, 0.1) is 0 Å². The largest absolute Gasteiger partial charge is 0.478 e. The fourth-order valence-electron chi connectivity index (χ4n) is 2.03. The van der Waals surface area contributed by atoms with Crippen molar-refractivity contribution < 1.29 is 18.9 Å². The fourth-order valence-corrected chi connectivity index (χ4v) is 3.53. The molecule has 0 fully saturated rings. The van der Waals surface area contributed by atoms with E-state index in [0.717, 1.165) is 10.9 Å². The molecule has 0 radical (unpaired) electrons. The maximum atomic E-state index is 11.3. The molecule has 0 bridgehead atoms. The van der Waals surface area contributed by atoms with E-state index in [4.69, 9.17) is 20.9 Å². The van der Waals surface area contributed by atoms with Crippen LogP contribution in [0.15, 0.2) is 36.4 Å². The highest BCUT2D eigenvalue weighted by Gasteiger charge is 2.17. The van der Waals surface area contributed by atoms with Crippen molar-refractivity contribution >= 4 is 35.0 Å². The molecule has 2 aromatic rings. The van der Waals surface area contributed by atoms with Crippen LogP contribution in [0.25, 0.3) is 10.8 Å². The Bertz CT molecular complexity index is 691. The minimum absolute atomic E-state index is 0.285. The van der Waals surface area contributed by atoms with Crippen molar-refractivity contribution in [3.05, 3.63) is 47.5 Å². The van der Waals surface area contributed by atoms with Crippen molar-refractivity contribution in [2.75, 3.05) is 14.2 Å². The van der Waals surface area contributed by atoms with Gasteiger partial charge >= 0.3 is 5.97 Å². The van der Waals surface area contributed by atoms with Crippen molar-refractivity contribution in [2.45, 2.75) is 6.16 Å². The molecule has 6 heteroatoms. The molecule has 0 atom stereocenters. The van der Waals surface area contributed by atoms with Crippen LogP contribution in [0.1, 0.15) is 15.9 Å². The number of hydrogen-bond acceptors (Lipinski definition) is 4. The third kappa shape index (κ3) is 3.07. The van der Waals surface area contributed by atoms with E-state index in [9.17, 15) is 9.90 Å². The molecule has 0 unspecified atom stereocenters. The summed E-state index contributed by atoms with van der Waals surface area (Å²) in [6.07, 6.45) is 0.471. The molecule has 20 heavy (non-hydrogen) atoms. The molecule has 0 spiro atoms. The van der Waals surface area contributed by atoms with Gasteiger partial charge in [0.1, 0.15) is 0 Å². The van der Waals surface area contributed by atoms with Crippen molar-refractivity contribution in [1.82, 2.24) is 0 Å². The van der Waals surface area contributed by atoms with Crippen LogP contribution in [0.4, 0.5) is 0 Å². The van der Waals surface area contributed by atoms with E-state index in [1.165, 1.54) is 14.2 Å². The molecule has 0 saturated heterocycles. The topological polar surface area (TPSA) is 55.8 Å². The second kappa shape index (κ2) is 6.02. The Labute approximate surface area is 122 Å². The molecule has 0 aliphatic heterocycles. The van der Waals surface area contributed by atoms with Crippen LogP contribution >= 0.6 is 6.49 Å². The first-order valence-electron chi connectivity index (χ1n) is 5.94. The van der Waals surface area contributed by atoms with E-state index < -0.39 is 12.5 Å². The van der Waals surface area contributed by atoms with Gasteiger partial charge in [-0.1, -0.05) is 24.3 Å². The molecule has 2 rings (SSSR count). The third-order valence-electron chi connectivity index (χ3n) is 3.11. The number of hydrogen-bond donors (Lipinski definition) is 1. The van der Waals surface area contributed by atoms with E-state index in [1.807, 2.05) is 24.3 Å². The van der Waals surface area contributed by atoms with Gasteiger partial charge in [-0.15, -0.1) is 0 Å². The Balaban J connectivity index is 2.50. The molecule has 2 aromatic carbocycles. The molecule has 4 nitrogen and oxygen atoms in total. The van der Waals surface area contributed by atoms with Gasteiger partial charge in [0, 0.05) is 20.4 Å². The lowest BCUT2D eigenvalue weighted by Gasteiger charge is -2.18. The first-order valence-corrected chi connectivity index (χ1v) is 8.77. The summed E-state index contributed by atoms with van der Waals surface area (Å²) in [5.74, 6) is -0.939. The summed E-state index contributed by atoms with van der Waals surface area (Å²) in [6, 6.07) is 10.9. The number of carboxylic acid groups (broad SMARTS) is 1. The summed E-state index contributed by atoms with van der Waals surface area (Å²) in [7, 11) is 3.07. The van der Waals surface area contributed by atoms with Gasteiger partial charge in [0.15, 0.2) is 6.49 Å². The van der Waals surface area contributed by atoms with Crippen molar-refractivity contribution in [2.24, 2.45) is 0 Å². The van der Waals surface area contributed by atoms with Gasteiger partial charge in [0.25, 0.3) is 0 Å². The second-order valence-electron chi connectivity index (χ2n) is 4.30. The Morgan fingerprint density at radius 3 is 2.55 bits per heavy atom. The lowest BCUT2D eigenvalue weighted by atomic mass is 10.0. The lowest BCUT2D eigenvalue weighted by Crippen LogP contribution is -1.98. The Hall–Kier alpha value is -1.26. The summed E-state index contributed by atoms with van der Waals surface area (Å²) in [4.78, 5) is 11.3. The first kappa shape index (κ1) is 15.1. The summed E-state index contributed by atoms with van der Waals surface area (Å²) in [6.45, 7) is -2.33. The summed E-state index contributed by atoms with van der Waals surface area (Å²) < 4.78 is 10.5. The number of aromatic carboxylic acids is 1. The highest BCUT2D eigenvalue weighted by molar-refractivity contribution is 8.09. The van der Waals surface area contributed by atoms with Crippen molar-refractivity contribution in [1.29, 1.82) is 0 Å². The summed E-state index contributed by atoms with van der Waals surface area (Å²) in [5, 5.41) is 10.8. The Morgan fingerprint density at radius 1 is 1.25 bits per heavy atom. The maximum absolute atomic E-state index is 11.3. The molecular weight excluding hydrogens is 295 g/mol. The standard InChI is InChI=1S/C14H15O4PS/c1-17-19(20,18-2)9-10-6-7-11-4-3-5-12(14(15)16)13(11)8-10/h3-8H,9H2,1-2H3,(H,15,16). The van der Waals surface area contributed by atoms with E-state index in [-0.39, 0.29) is 5.56 Å². The molecular formula is C14H15O4PS. The monoisotopic (exact) mass is 310 g/mol. The second-order valence-corrected chi connectivity index (χ2v) is 8.24. The zero-order chi connectivity index (χ0) is 14.8. The van der Waals surface area contributed by atoms with Crippen LogP contribution in [-0.4, -0.2) is 25.3 Å². The molecule has 106 valence electrons. The highest BCUT2D eigenvalue weighted by Crippen LogP contribution is 2.50. The van der Waals surface area contributed by atoms with E-state index in [2.05, 4.69) is 0 Å². The minimum atomic E-state index is -2.33. The molecule has 0 amide bonds. The maximum Gasteiger partial charge on any atom is 0.336 e. The molecule has 0 heterocycles. The zero-order valence-corrected chi connectivity index (χ0v) is 12.9. The zero-order valence-electron chi connectivity index (χ0n) is 11.2. The van der Waals surface area contributed by atoms with E-state index in [0.29, 0.717) is 11.5 Å². The van der Waals surface area contributed by atoms with Gasteiger partial charge in [-0.2, -0.15) is 0 Å². The van der Waals surface area contributed by atoms with Crippen molar-refractivity contribution in [3.63, 3.8) is 0 Å². The van der Waals surface area contributed by atoms with Gasteiger partial charge in [-0.05, 0) is 40.3 Å². The van der Waals surface area contributed by atoms with Crippen LogP contribution in [0.2, 0.25) is 0 Å². The quantitative estimate of drug-likeness (QED) is 0.855. The Morgan fingerprint density at radius 2 is 1.95 bits per heavy atom. The normalized spacial score (nSPS) is 11.7. The van der Waals surface area contributed by atoms with E-state index in [1.54, 1.807) is 12.1 Å². The van der Waals surface area contributed by atoms with Gasteiger partial charge < -0.3 is 14.2 Å². The molecule has 0 aliphatic rings. The number of carbonyl (C=O) groups is 1. The summed E-state index contributed by atoms with van der Waals surface area (Å²) >= 11 is 5.34. The molecule has 0 aliphatic carbocycles. The van der Waals surface area contributed by atoms with Gasteiger partial charge in [0.05, 0.1) is 5.56 Å². The van der Waals surface area contributed by atoms with Gasteiger partial charge in [-0.3, -0.25) is 0 Å². The van der Waals surface area contributed by atoms with Gasteiger partial charge in [-0.25, -0.2) is 4.79 Å². The number of benzene rings is 2. The summed E-state index contributed by atoms with van der Waals surface area (Å²) in [5.41, 5.74) is 1.20. The minimum Gasteiger partial charge on any atom is -0.478 e. The third-order valence-corrected chi connectivity index (χ3v) is 6.26. The molecule has 0 aromatic heterocycles. The smallest absolute Gasteiger partial charge is 0.336 e. The Kier molecular flexibility index (Phi) is 4.55. The average molecular weight is 310 g/mol. The molecule has 0 saturated carbocycles. The van der Waals surface area contributed by atoms with Crippen molar-refractivity contribution in [3.8, 4) is 0 Å². The van der Waals surface area contributed by atoms with Crippen LogP contribution in [0.5, 0.6) is 0 Å². The average Bonchev–Trinajstić information content (AvgIpc) is 2.46. The van der Waals surface area contributed by atoms with Crippen LogP contribution in [0.3, 0.4) is 0 Å². The van der Waals surface area contributed by atoms with E-state index >= 15 is 0 Å². The van der Waals surface area contributed by atoms with Crippen LogP contribution in [-0.2, 0) is 27.0 Å². The number of carboxylic acids is 1. The highest BCUT2D eigenvalue weighted by atomic mass is 32.5. The lowest BCUT2D eigenvalue weighted by molar-refractivity contribution is 0.0699. The number of rotatable bonds is 5. The SMILES string of the molecule is COP(=S)(Cc1ccc2cccc(C(=O)O)c2c1)OC. The van der Waals surface area contributed by atoms with Gasteiger partial charge in [0.2, 0.25) is 0 Å². The molecule has 1 N–H and O–H groups in total. The predicted molar refractivity (Wildman–Crippen MR) is 82.9 cm³/mol. The first-order chi connectivity index (χ1) is 9.49. The fraction of sp³-hybridized carbons (Fsp3) is 0.214. The number of fused-ring (bicyclic) bond motifs is 1. The van der Waals surface area contributed by atoms with Crippen LogP contribution < -0.4 is 0 Å². The predicted octanol–water partition coefficient (Wildman–Crippen LogP) is 3.64.